The first kappa shape index (κ1) is 23.6. The van der Waals surface area contributed by atoms with Gasteiger partial charge in [-0.1, -0.05) is 48.0 Å². The van der Waals surface area contributed by atoms with E-state index < -0.39 is 47.7 Å². The molecule has 0 spiro atoms. The molecule has 0 saturated heterocycles. The molecule has 0 fully saturated rings. The number of rotatable bonds is 2. The third-order valence-electron chi connectivity index (χ3n) is 6.34. The van der Waals surface area contributed by atoms with E-state index in [1.165, 1.54) is 22.6 Å². The summed E-state index contributed by atoms with van der Waals surface area (Å²) in [6.07, 6.45) is -3.41. The van der Waals surface area contributed by atoms with Gasteiger partial charge in [-0.3, -0.25) is 19.3 Å². The summed E-state index contributed by atoms with van der Waals surface area (Å²) in [4.78, 5) is 26.8. The van der Waals surface area contributed by atoms with E-state index in [-0.39, 0.29) is 0 Å². The molecule has 3 heterocycles. The fourth-order valence-electron chi connectivity index (χ4n) is 4.50. The number of amides is 1. The Morgan fingerprint density at radius 1 is 1.09 bits per heavy atom. The van der Waals surface area contributed by atoms with E-state index in [1.807, 2.05) is 30.3 Å². The Kier molecular flexibility index (Phi) is 5.76. The van der Waals surface area contributed by atoms with Crippen LogP contribution in [0.1, 0.15) is 40.1 Å². The third kappa shape index (κ3) is 3.84. The molecule has 3 aromatic rings. The van der Waals surface area contributed by atoms with Crippen LogP contribution in [0.3, 0.4) is 0 Å². The predicted molar refractivity (Wildman–Crippen MR) is 126 cm³/mol. The van der Waals surface area contributed by atoms with Gasteiger partial charge in [0.15, 0.2) is 11.4 Å². The van der Waals surface area contributed by atoms with Crippen LogP contribution >= 0.6 is 23.4 Å². The van der Waals surface area contributed by atoms with Crippen molar-refractivity contribution in [3.63, 3.8) is 0 Å². The minimum absolute atomic E-state index is 0.440. The molecule has 0 aliphatic carbocycles. The van der Waals surface area contributed by atoms with Crippen molar-refractivity contribution in [3.05, 3.63) is 92.4 Å². The number of halogens is 4. The van der Waals surface area contributed by atoms with E-state index in [0.717, 1.165) is 34.6 Å². The maximum absolute atomic E-state index is 13.8. The highest BCUT2D eigenvalue weighted by molar-refractivity contribution is 7.98. The lowest BCUT2D eigenvalue weighted by Gasteiger charge is -2.46. The van der Waals surface area contributed by atoms with E-state index in [9.17, 15) is 27.9 Å². The summed E-state index contributed by atoms with van der Waals surface area (Å²) in [6.45, 7) is 0.440. The molecule has 1 aromatic heterocycles. The number of carbonyl (C=O) groups excluding carboxylic acids is 1. The number of alkyl halides is 3. The minimum Gasteiger partial charge on any atom is -0.502 e. The van der Waals surface area contributed by atoms with Crippen LogP contribution in [-0.4, -0.2) is 39.5 Å². The normalized spacial score (nSPS) is 18.4. The fraction of sp³-hybridized carbons (Fsp3) is 0.250. The monoisotopic (exact) mass is 521 g/mol. The molecule has 0 saturated carbocycles. The number of hydrogen-bond acceptors (Lipinski definition) is 5. The Hall–Kier alpha value is -3.11. The number of fused-ring (bicyclic) bond motifs is 3. The van der Waals surface area contributed by atoms with Gasteiger partial charge in [-0.2, -0.15) is 13.2 Å². The zero-order valence-electron chi connectivity index (χ0n) is 18.3. The van der Waals surface area contributed by atoms with E-state index in [1.54, 1.807) is 17.1 Å². The van der Waals surface area contributed by atoms with Crippen molar-refractivity contribution >= 4 is 29.3 Å². The van der Waals surface area contributed by atoms with Crippen molar-refractivity contribution in [2.45, 2.75) is 35.8 Å². The molecule has 11 heteroatoms. The van der Waals surface area contributed by atoms with Gasteiger partial charge in [0.05, 0.1) is 11.1 Å². The first-order valence-corrected chi connectivity index (χ1v) is 12.0. The SMILES string of the molecule is C[C@@H](N1CN([C@H]2c3ccccc3CSc3c(Cl)cccc32)n2ccc(=O)c(O)c2C1=O)C(F)(F)F. The number of carbonyl (C=O) groups is 1. The van der Waals surface area contributed by atoms with Crippen LogP contribution in [0.2, 0.25) is 5.02 Å². The van der Waals surface area contributed by atoms with Crippen LogP contribution in [0.5, 0.6) is 5.75 Å². The highest BCUT2D eigenvalue weighted by Crippen LogP contribution is 2.45. The molecule has 0 bridgehead atoms. The largest absolute Gasteiger partial charge is 0.502 e. The molecule has 5 rings (SSSR count). The Morgan fingerprint density at radius 3 is 2.54 bits per heavy atom. The molecule has 0 unspecified atom stereocenters. The summed E-state index contributed by atoms with van der Waals surface area (Å²) < 4.78 is 42.6. The number of aromatic hydroxyl groups is 1. The third-order valence-corrected chi connectivity index (χ3v) is 7.97. The van der Waals surface area contributed by atoms with Crippen molar-refractivity contribution in [3.8, 4) is 5.75 Å². The number of nitrogens with zero attached hydrogens (tertiary/aromatic N) is 3. The highest BCUT2D eigenvalue weighted by Gasteiger charge is 2.47. The molecule has 2 aliphatic rings. The maximum atomic E-state index is 13.8. The molecule has 1 N–H and O–H groups in total. The van der Waals surface area contributed by atoms with Crippen LogP contribution < -0.4 is 10.4 Å². The summed E-state index contributed by atoms with van der Waals surface area (Å²) in [5.74, 6) is -1.39. The predicted octanol–water partition coefficient (Wildman–Crippen LogP) is 4.90. The zero-order valence-corrected chi connectivity index (χ0v) is 19.9. The van der Waals surface area contributed by atoms with Crippen LogP contribution in [0.25, 0.3) is 0 Å². The molecule has 2 aliphatic heterocycles. The van der Waals surface area contributed by atoms with Gasteiger partial charge in [0.1, 0.15) is 12.7 Å². The Morgan fingerprint density at radius 2 is 1.80 bits per heavy atom. The van der Waals surface area contributed by atoms with E-state index in [0.29, 0.717) is 15.7 Å². The van der Waals surface area contributed by atoms with Crippen molar-refractivity contribution in [1.82, 2.24) is 9.58 Å². The number of pyridine rings is 1. The van der Waals surface area contributed by atoms with Gasteiger partial charge < -0.3 is 10.0 Å². The van der Waals surface area contributed by atoms with Gasteiger partial charge in [-0.15, -0.1) is 11.8 Å². The Balaban J connectivity index is 1.79. The molecule has 182 valence electrons. The fourth-order valence-corrected chi connectivity index (χ4v) is 5.96. The van der Waals surface area contributed by atoms with Crippen LogP contribution in [0.4, 0.5) is 13.2 Å². The van der Waals surface area contributed by atoms with Crippen molar-refractivity contribution in [2.24, 2.45) is 0 Å². The molecule has 35 heavy (non-hydrogen) atoms. The number of hydrogen-bond donors (Lipinski definition) is 1. The summed E-state index contributed by atoms with van der Waals surface area (Å²) in [5, 5.41) is 12.6. The van der Waals surface area contributed by atoms with Gasteiger partial charge in [0, 0.05) is 22.9 Å². The highest BCUT2D eigenvalue weighted by atomic mass is 35.5. The second-order valence-corrected chi connectivity index (χ2v) is 9.74. The number of thioether (sulfide) groups is 1. The summed E-state index contributed by atoms with van der Waals surface area (Å²) in [5.41, 5.74) is 1.14. The van der Waals surface area contributed by atoms with Gasteiger partial charge >= 0.3 is 6.18 Å². The molecule has 2 atom stereocenters. The van der Waals surface area contributed by atoms with Gasteiger partial charge in [-0.05, 0) is 29.7 Å². The second-order valence-electron chi connectivity index (χ2n) is 8.34. The van der Waals surface area contributed by atoms with E-state index in [2.05, 4.69) is 0 Å². The lowest BCUT2D eigenvalue weighted by molar-refractivity contribution is -0.173. The maximum Gasteiger partial charge on any atom is 0.408 e. The Bertz CT molecular complexity index is 1390. The molecular formula is C24H19ClF3N3O3S. The average Bonchev–Trinajstić information content (AvgIpc) is 2.98. The minimum atomic E-state index is -4.72. The van der Waals surface area contributed by atoms with Crippen LogP contribution in [0, 0.1) is 0 Å². The standard InChI is InChI=1S/C24H19ClF3N3O3S/c1-13(24(26,27)28)29-12-31(30-10-9-18(32)21(33)20(30)23(29)34)19-15-6-3-2-5-14(15)11-35-22-16(19)7-4-8-17(22)25/h2-10,13,19,33H,11-12H2,1H3/t13-,19+/m1/s1. The van der Waals surface area contributed by atoms with Crippen molar-refractivity contribution < 1.29 is 23.1 Å². The first-order valence-electron chi connectivity index (χ1n) is 10.7. The summed E-state index contributed by atoms with van der Waals surface area (Å²) in [7, 11) is 0. The summed E-state index contributed by atoms with van der Waals surface area (Å²) in [6, 6.07) is 11.1. The second kappa shape index (κ2) is 8.53. The molecule has 6 nitrogen and oxygen atoms in total. The van der Waals surface area contributed by atoms with Crippen molar-refractivity contribution in [2.75, 3.05) is 11.7 Å². The quantitative estimate of drug-likeness (QED) is 0.519. The first-order chi connectivity index (χ1) is 16.6. The molecule has 1 amide bonds. The van der Waals surface area contributed by atoms with Gasteiger partial charge in [-0.25, -0.2) is 0 Å². The van der Waals surface area contributed by atoms with Crippen LogP contribution in [-0.2, 0) is 5.75 Å². The summed E-state index contributed by atoms with van der Waals surface area (Å²) >= 11 is 8.05. The molecular weight excluding hydrogens is 503 g/mol. The smallest absolute Gasteiger partial charge is 0.408 e. The van der Waals surface area contributed by atoms with E-state index in [4.69, 9.17) is 11.6 Å². The van der Waals surface area contributed by atoms with Crippen molar-refractivity contribution in [1.29, 1.82) is 0 Å². The molecule has 2 aromatic carbocycles. The topological polar surface area (TPSA) is 65.8 Å². The number of benzene rings is 2. The lowest BCUT2D eigenvalue weighted by atomic mass is 9.94. The lowest BCUT2D eigenvalue weighted by Crippen LogP contribution is -2.60. The van der Waals surface area contributed by atoms with E-state index >= 15 is 0 Å². The van der Waals surface area contributed by atoms with Gasteiger partial charge in [0.25, 0.3) is 5.91 Å². The Labute approximate surface area is 207 Å². The van der Waals surface area contributed by atoms with Crippen LogP contribution in [0.15, 0.2) is 64.4 Å². The zero-order chi connectivity index (χ0) is 25.1. The average molecular weight is 522 g/mol. The number of aromatic nitrogens is 1. The van der Waals surface area contributed by atoms with Gasteiger partial charge in [0.2, 0.25) is 5.43 Å². The molecule has 0 radical (unpaired) electrons.